The highest BCUT2D eigenvalue weighted by molar-refractivity contribution is 6.30. The lowest BCUT2D eigenvalue weighted by Crippen LogP contribution is -2.27. The highest BCUT2D eigenvalue weighted by Gasteiger charge is 2.31. The van der Waals surface area contributed by atoms with Crippen molar-refractivity contribution in [2.24, 2.45) is 5.73 Å². The molecule has 1 aromatic rings. The Bertz CT molecular complexity index is 366. The molecule has 80 valence electrons. The van der Waals surface area contributed by atoms with Crippen molar-refractivity contribution in [3.8, 4) is 0 Å². The molecule has 0 aliphatic carbocycles. The summed E-state index contributed by atoms with van der Waals surface area (Å²) >= 11 is 5.76. The average molecular weight is 227 g/mol. The third-order valence-corrected chi connectivity index (χ3v) is 2.53. The maximum absolute atomic E-state index is 11.4. The van der Waals surface area contributed by atoms with Crippen LogP contribution >= 0.6 is 11.6 Å². The van der Waals surface area contributed by atoms with Crippen molar-refractivity contribution >= 4 is 23.4 Å². The largest absolute Gasteiger partial charge is 0.443 e. The number of nitrogens with two attached hydrogens (primary N) is 1. The lowest BCUT2D eigenvalue weighted by Gasteiger charge is -2.12. The first kappa shape index (κ1) is 10.3. The Morgan fingerprint density at radius 2 is 2.13 bits per heavy atom. The van der Waals surface area contributed by atoms with Crippen molar-refractivity contribution in [2.45, 2.75) is 6.10 Å². The highest BCUT2D eigenvalue weighted by atomic mass is 35.5. The minimum Gasteiger partial charge on any atom is -0.443 e. The zero-order valence-electron chi connectivity index (χ0n) is 8.02. The smallest absolute Gasteiger partial charge is 0.414 e. The van der Waals surface area contributed by atoms with Crippen LogP contribution in [-0.4, -0.2) is 25.3 Å². The van der Waals surface area contributed by atoms with Crippen LogP contribution in [0.3, 0.4) is 0 Å². The lowest BCUT2D eigenvalue weighted by molar-refractivity contribution is 0.145. The van der Waals surface area contributed by atoms with Crippen LogP contribution in [0.5, 0.6) is 0 Å². The molecule has 2 N–H and O–H groups in total. The Hall–Kier alpha value is -1.26. The van der Waals surface area contributed by atoms with E-state index in [0.717, 1.165) is 5.69 Å². The molecule has 0 saturated carbocycles. The molecule has 1 saturated heterocycles. The van der Waals surface area contributed by atoms with Crippen LogP contribution in [0.1, 0.15) is 0 Å². The van der Waals surface area contributed by atoms with Crippen molar-refractivity contribution in [3.05, 3.63) is 29.3 Å². The van der Waals surface area contributed by atoms with E-state index in [1.807, 2.05) is 0 Å². The minimum atomic E-state index is -0.354. The van der Waals surface area contributed by atoms with Crippen molar-refractivity contribution < 1.29 is 9.53 Å². The van der Waals surface area contributed by atoms with Gasteiger partial charge in [0.15, 0.2) is 0 Å². The van der Waals surface area contributed by atoms with Gasteiger partial charge in [-0.05, 0) is 24.3 Å². The van der Waals surface area contributed by atoms with Gasteiger partial charge in [-0.15, -0.1) is 0 Å². The number of ether oxygens (including phenoxy) is 1. The molecule has 1 aliphatic rings. The van der Waals surface area contributed by atoms with E-state index in [1.165, 1.54) is 0 Å². The normalized spacial score (nSPS) is 20.5. The molecule has 1 heterocycles. The summed E-state index contributed by atoms with van der Waals surface area (Å²) in [4.78, 5) is 13.0. The lowest BCUT2D eigenvalue weighted by atomic mass is 10.3. The number of hydrogen-bond donors (Lipinski definition) is 1. The number of rotatable bonds is 2. The second-order valence-corrected chi connectivity index (χ2v) is 3.76. The SMILES string of the molecule is NC[C@H]1CN(c2ccc(Cl)cc2)C(=O)O1. The molecule has 15 heavy (non-hydrogen) atoms. The molecule has 1 aromatic carbocycles. The predicted octanol–water partition coefficient (Wildman–Crippen LogP) is 1.62. The molecule has 1 atom stereocenters. The number of carbonyl (C=O) groups is 1. The first-order valence-corrected chi connectivity index (χ1v) is 5.02. The summed E-state index contributed by atoms with van der Waals surface area (Å²) in [7, 11) is 0. The van der Waals surface area contributed by atoms with Crippen LogP contribution in [0, 0.1) is 0 Å². The number of anilines is 1. The van der Waals surface area contributed by atoms with Crippen LogP contribution in [-0.2, 0) is 4.74 Å². The Kier molecular flexibility index (Phi) is 2.79. The number of hydrogen-bond acceptors (Lipinski definition) is 3. The molecular formula is C10H11ClN2O2. The number of cyclic esters (lactones) is 1. The van der Waals surface area contributed by atoms with Crippen molar-refractivity contribution in [1.29, 1.82) is 0 Å². The van der Waals surface area contributed by atoms with Crippen LogP contribution in [0.4, 0.5) is 10.5 Å². The van der Waals surface area contributed by atoms with E-state index < -0.39 is 0 Å². The maximum atomic E-state index is 11.4. The Labute approximate surface area is 92.6 Å². The average Bonchev–Trinajstić information content (AvgIpc) is 2.61. The summed E-state index contributed by atoms with van der Waals surface area (Å²) in [6, 6.07) is 7.03. The summed E-state index contributed by atoms with van der Waals surface area (Å²) in [5, 5.41) is 0.640. The molecule has 1 aliphatic heterocycles. The first-order chi connectivity index (χ1) is 7.20. The highest BCUT2D eigenvalue weighted by Crippen LogP contribution is 2.22. The van der Waals surface area contributed by atoms with Gasteiger partial charge in [0.05, 0.1) is 6.54 Å². The van der Waals surface area contributed by atoms with E-state index in [1.54, 1.807) is 29.2 Å². The molecular weight excluding hydrogens is 216 g/mol. The van der Waals surface area contributed by atoms with E-state index in [-0.39, 0.29) is 12.2 Å². The molecule has 0 aromatic heterocycles. The second-order valence-electron chi connectivity index (χ2n) is 3.33. The van der Waals surface area contributed by atoms with Gasteiger partial charge in [0.1, 0.15) is 6.10 Å². The number of benzene rings is 1. The third-order valence-electron chi connectivity index (χ3n) is 2.28. The molecule has 0 spiro atoms. The van der Waals surface area contributed by atoms with Crippen molar-refractivity contribution in [3.63, 3.8) is 0 Å². The van der Waals surface area contributed by atoms with Gasteiger partial charge in [0, 0.05) is 17.3 Å². The quantitative estimate of drug-likeness (QED) is 0.834. The molecule has 0 bridgehead atoms. The molecule has 1 amide bonds. The fraction of sp³-hybridized carbons (Fsp3) is 0.300. The van der Waals surface area contributed by atoms with Gasteiger partial charge in [-0.25, -0.2) is 4.79 Å². The zero-order valence-corrected chi connectivity index (χ0v) is 8.78. The number of nitrogens with zero attached hydrogens (tertiary/aromatic N) is 1. The number of amides is 1. The Morgan fingerprint density at radius 3 is 2.67 bits per heavy atom. The summed E-state index contributed by atoms with van der Waals surface area (Å²) in [5.74, 6) is 0. The fourth-order valence-corrected chi connectivity index (χ4v) is 1.60. The van der Waals surface area contributed by atoms with E-state index in [9.17, 15) is 4.79 Å². The third kappa shape index (κ3) is 2.06. The van der Waals surface area contributed by atoms with Gasteiger partial charge in [-0.2, -0.15) is 0 Å². The molecule has 0 unspecified atom stereocenters. The van der Waals surface area contributed by atoms with Gasteiger partial charge in [-0.3, -0.25) is 4.90 Å². The van der Waals surface area contributed by atoms with Crippen LogP contribution in [0.15, 0.2) is 24.3 Å². The Morgan fingerprint density at radius 1 is 1.47 bits per heavy atom. The molecule has 0 radical (unpaired) electrons. The van der Waals surface area contributed by atoms with Crippen molar-refractivity contribution in [1.82, 2.24) is 0 Å². The summed E-state index contributed by atoms with van der Waals surface area (Å²) in [6.07, 6.45) is -0.569. The monoisotopic (exact) mass is 226 g/mol. The predicted molar refractivity (Wildman–Crippen MR) is 58.1 cm³/mol. The molecule has 2 rings (SSSR count). The van der Waals surface area contributed by atoms with Crippen LogP contribution in [0.25, 0.3) is 0 Å². The van der Waals surface area contributed by atoms with Gasteiger partial charge in [0.2, 0.25) is 0 Å². The standard InChI is InChI=1S/C10H11ClN2O2/c11-7-1-3-8(4-2-7)13-6-9(5-12)15-10(13)14/h1-4,9H,5-6,12H2/t9-/m0/s1. The molecule has 1 fully saturated rings. The van der Waals surface area contributed by atoms with Gasteiger partial charge in [-0.1, -0.05) is 11.6 Å². The van der Waals surface area contributed by atoms with Gasteiger partial charge in [0.25, 0.3) is 0 Å². The first-order valence-electron chi connectivity index (χ1n) is 4.64. The van der Waals surface area contributed by atoms with Gasteiger partial charge < -0.3 is 10.5 Å². The maximum Gasteiger partial charge on any atom is 0.414 e. The fourth-order valence-electron chi connectivity index (χ4n) is 1.48. The number of halogens is 1. The van der Waals surface area contributed by atoms with E-state index in [0.29, 0.717) is 18.1 Å². The summed E-state index contributed by atoms with van der Waals surface area (Å²) < 4.78 is 5.04. The minimum absolute atomic E-state index is 0.215. The summed E-state index contributed by atoms with van der Waals surface area (Å²) in [5.41, 5.74) is 6.21. The zero-order chi connectivity index (χ0) is 10.8. The van der Waals surface area contributed by atoms with E-state index >= 15 is 0 Å². The number of carbonyl (C=O) groups excluding carboxylic acids is 1. The molecule has 5 heteroatoms. The van der Waals surface area contributed by atoms with Crippen LogP contribution in [0.2, 0.25) is 5.02 Å². The topological polar surface area (TPSA) is 55.6 Å². The second kappa shape index (κ2) is 4.08. The Balaban J connectivity index is 2.18. The van der Waals surface area contributed by atoms with Crippen LogP contribution < -0.4 is 10.6 Å². The van der Waals surface area contributed by atoms with Crippen molar-refractivity contribution in [2.75, 3.05) is 18.0 Å². The molecule has 4 nitrogen and oxygen atoms in total. The van der Waals surface area contributed by atoms with Gasteiger partial charge >= 0.3 is 6.09 Å². The van der Waals surface area contributed by atoms with E-state index in [2.05, 4.69) is 0 Å². The van der Waals surface area contributed by atoms with E-state index in [4.69, 9.17) is 22.1 Å². The summed E-state index contributed by atoms with van der Waals surface area (Å²) in [6.45, 7) is 0.840.